The van der Waals surface area contributed by atoms with Gasteiger partial charge in [-0.25, -0.2) is 4.98 Å². The molecule has 0 amide bonds. The van der Waals surface area contributed by atoms with E-state index in [4.69, 9.17) is 11.5 Å². The molecule has 0 atom stereocenters. The standard InChI is InChI=1S/C9H14N4/c10-7-5-8(11)12-9(6-7)13-3-1-2-4-13/h5-6H,1-4H2,(H4,10,11,12). The first-order valence-electron chi connectivity index (χ1n) is 4.54. The number of nitrogen functional groups attached to an aromatic ring is 2. The average molecular weight is 178 g/mol. The van der Waals surface area contributed by atoms with Gasteiger partial charge in [0.2, 0.25) is 0 Å². The van der Waals surface area contributed by atoms with Crippen LogP contribution in [0, 0.1) is 0 Å². The zero-order valence-corrected chi connectivity index (χ0v) is 7.53. The predicted molar refractivity (Wildman–Crippen MR) is 54.5 cm³/mol. The van der Waals surface area contributed by atoms with Gasteiger partial charge in [-0.3, -0.25) is 0 Å². The van der Waals surface area contributed by atoms with Crippen LogP contribution in [0.15, 0.2) is 12.1 Å². The smallest absolute Gasteiger partial charge is 0.133 e. The molecule has 2 heterocycles. The lowest BCUT2D eigenvalue weighted by molar-refractivity contribution is 0.940. The van der Waals surface area contributed by atoms with E-state index in [9.17, 15) is 0 Å². The van der Waals surface area contributed by atoms with E-state index in [-0.39, 0.29) is 0 Å². The maximum Gasteiger partial charge on any atom is 0.133 e. The lowest BCUT2D eigenvalue weighted by atomic mass is 10.3. The molecular formula is C9H14N4. The minimum absolute atomic E-state index is 0.502. The maximum atomic E-state index is 5.68. The van der Waals surface area contributed by atoms with Crippen LogP contribution in [-0.4, -0.2) is 18.1 Å². The minimum Gasteiger partial charge on any atom is -0.399 e. The second-order valence-electron chi connectivity index (χ2n) is 3.38. The third-order valence-corrected chi connectivity index (χ3v) is 2.28. The fourth-order valence-corrected chi connectivity index (χ4v) is 1.67. The van der Waals surface area contributed by atoms with E-state index in [0.717, 1.165) is 18.9 Å². The Kier molecular flexibility index (Phi) is 1.96. The van der Waals surface area contributed by atoms with Gasteiger partial charge in [0.05, 0.1) is 0 Å². The zero-order valence-electron chi connectivity index (χ0n) is 7.53. The second kappa shape index (κ2) is 3.12. The summed E-state index contributed by atoms with van der Waals surface area (Å²) in [5.74, 6) is 1.41. The largest absolute Gasteiger partial charge is 0.399 e. The molecule has 4 nitrogen and oxygen atoms in total. The molecule has 1 aromatic heterocycles. The van der Waals surface area contributed by atoms with Crippen molar-refractivity contribution < 1.29 is 0 Å². The Bertz CT molecular complexity index is 284. The Labute approximate surface area is 77.5 Å². The van der Waals surface area contributed by atoms with Crippen molar-refractivity contribution >= 4 is 17.3 Å². The van der Waals surface area contributed by atoms with Crippen molar-refractivity contribution in [2.75, 3.05) is 29.5 Å². The zero-order chi connectivity index (χ0) is 9.26. The maximum absolute atomic E-state index is 5.68. The molecule has 1 aliphatic heterocycles. The number of hydrogen-bond acceptors (Lipinski definition) is 4. The lowest BCUT2D eigenvalue weighted by Crippen LogP contribution is -2.19. The fraction of sp³-hybridized carbons (Fsp3) is 0.444. The van der Waals surface area contributed by atoms with E-state index >= 15 is 0 Å². The van der Waals surface area contributed by atoms with Crippen molar-refractivity contribution in [3.63, 3.8) is 0 Å². The van der Waals surface area contributed by atoms with Crippen molar-refractivity contribution in [3.05, 3.63) is 12.1 Å². The van der Waals surface area contributed by atoms with Crippen LogP contribution in [0.1, 0.15) is 12.8 Å². The van der Waals surface area contributed by atoms with Gasteiger partial charge in [0.15, 0.2) is 0 Å². The summed E-state index contributed by atoms with van der Waals surface area (Å²) in [6.07, 6.45) is 2.47. The van der Waals surface area contributed by atoms with Gasteiger partial charge in [-0.15, -0.1) is 0 Å². The van der Waals surface area contributed by atoms with E-state index in [2.05, 4.69) is 9.88 Å². The van der Waals surface area contributed by atoms with Crippen LogP contribution >= 0.6 is 0 Å². The topological polar surface area (TPSA) is 68.2 Å². The van der Waals surface area contributed by atoms with Crippen LogP contribution < -0.4 is 16.4 Å². The third kappa shape index (κ3) is 1.66. The second-order valence-corrected chi connectivity index (χ2v) is 3.38. The summed E-state index contributed by atoms with van der Waals surface area (Å²) < 4.78 is 0. The molecule has 1 fully saturated rings. The number of rotatable bonds is 1. The summed E-state index contributed by atoms with van der Waals surface area (Å²) in [6, 6.07) is 3.56. The monoisotopic (exact) mass is 178 g/mol. The normalized spacial score (nSPS) is 16.5. The van der Waals surface area contributed by atoms with Crippen LogP contribution in [0.2, 0.25) is 0 Å². The van der Waals surface area contributed by atoms with Crippen molar-refractivity contribution in [2.24, 2.45) is 0 Å². The molecule has 4 N–H and O–H groups in total. The highest BCUT2D eigenvalue weighted by Crippen LogP contribution is 2.21. The van der Waals surface area contributed by atoms with E-state index in [1.807, 2.05) is 6.07 Å². The summed E-state index contributed by atoms with van der Waals surface area (Å²) in [6.45, 7) is 2.13. The number of anilines is 3. The highest BCUT2D eigenvalue weighted by Gasteiger charge is 2.13. The van der Waals surface area contributed by atoms with Crippen molar-refractivity contribution in [1.82, 2.24) is 4.98 Å². The predicted octanol–water partition coefficient (Wildman–Crippen LogP) is 0.846. The van der Waals surface area contributed by atoms with Crippen molar-refractivity contribution in [1.29, 1.82) is 0 Å². The van der Waals surface area contributed by atoms with Crippen LogP contribution in [0.25, 0.3) is 0 Å². The lowest BCUT2D eigenvalue weighted by Gasteiger charge is -2.16. The SMILES string of the molecule is Nc1cc(N)nc(N2CCCC2)c1. The first kappa shape index (κ1) is 8.16. The summed E-state index contributed by atoms with van der Waals surface area (Å²) in [7, 11) is 0. The molecule has 2 rings (SSSR count). The molecule has 1 aliphatic rings. The molecule has 0 saturated carbocycles. The number of aromatic nitrogens is 1. The number of hydrogen-bond donors (Lipinski definition) is 2. The van der Waals surface area contributed by atoms with E-state index in [0.29, 0.717) is 11.5 Å². The first-order valence-corrected chi connectivity index (χ1v) is 4.54. The van der Waals surface area contributed by atoms with Gasteiger partial charge >= 0.3 is 0 Å². The highest BCUT2D eigenvalue weighted by atomic mass is 15.2. The average Bonchev–Trinajstić information content (AvgIpc) is 2.53. The molecular weight excluding hydrogens is 164 g/mol. The van der Waals surface area contributed by atoms with Gasteiger partial charge in [0, 0.05) is 30.9 Å². The number of nitrogens with zero attached hydrogens (tertiary/aromatic N) is 2. The van der Waals surface area contributed by atoms with Gasteiger partial charge in [-0.1, -0.05) is 0 Å². The van der Waals surface area contributed by atoms with Gasteiger partial charge in [0.25, 0.3) is 0 Å². The Morgan fingerprint density at radius 2 is 1.85 bits per heavy atom. The van der Waals surface area contributed by atoms with Gasteiger partial charge < -0.3 is 16.4 Å². The third-order valence-electron chi connectivity index (χ3n) is 2.28. The molecule has 13 heavy (non-hydrogen) atoms. The molecule has 4 heteroatoms. The molecule has 0 aliphatic carbocycles. The van der Waals surface area contributed by atoms with Crippen LogP contribution in [-0.2, 0) is 0 Å². The molecule has 0 aromatic carbocycles. The molecule has 0 spiro atoms. The molecule has 70 valence electrons. The molecule has 0 bridgehead atoms. The van der Waals surface area contributed by atoms with Crippen LogP contribution in [0.3, 0.4) is 0 Å². The van der Waals surface area contributed by atoms with Crippen molar-refractivity contribution in [2.45, 2.75) is 12.8 Å². The van der Waals surface area contributed by atoms with Gasteiger partial charge in [0.1, 0.15) is 11.6 Å². The summed E-state index contributed by atoms with van der Waals surface area (Å²) >= 11 is 0. The first-order chi connectivity index (χ1) is 6.25. The van der Waals surface area contributed by atoms with Gasteiger partial charge in [-0.2, -0.15) is 0 Å². The number of nitrogens with two attached hydrogens (primary N) is 2. The van der Waals surface area contributed by atoms with Crippen molar-refractivity contribution in [3.8, 4) is 0 Å². The summed E-state index contributed by atoms with van der Waals surface area (Å²) in [5.41, 5.74) is 12.0. The Hall–Kier alpha value is -1.45. The summed E-state index contributed by atoms with van der Waals surface area (Å²) in [4.78, 5) is 6.45. The van der Waals surface area contributed by atoms with Crippen LogP contribution in [0.5, 0.6) is 0 Å². The van der Waals surface area contributed by atoms with E-state index in [1.54, 1.807) is 6.07 Å². The van der Waals surface area contributed by atoms with E-state index < -0.39 is 0 Å². The molecule has 0 unspecified atom stereocenters. The Morgan fingerprint density at radius 3 is 2.46 bits per heavy atom. The Balaban J connectivity index is 2.28. The quantitative estimate of drug-likeness (QED) is 0.669. The molecule has 1 saturated heterocycles. The fourth-order valence-electron chi connectivity index (χ4n) is 1.67. The highest BCUT2D eigenvalue weighted by molar-refractivity contribution is 5.57. The summed E-state index contributed by atoms with van der Waals surface area (Å²) in [5, 5.41) is 0. The minimum atomic E-state index is 0.502. The van der Waals surface area contributed by atoms with Gasteiger partial charge in [-0.05, 0) is 12.8 Å². The molecule has 1 aromatic rings. The Morgan fingerprint density at radius 1 is 1.15 bits per heavy atom. The number of pyridine rings is 1. The molecule has 0 radical (unpaired) electrons. The van der Waals surface area contributed by atoms with Crippen LogP contribution in [0.4, 0.5) is 17.3 Å². The van der Waals surface area contributed by atoms with E-state index in [1.165, 1.54) is 12.8 Å².